The number of hydrogen-bond donors (Lipinski definition) is 1. The predicted molar refractivity (Wildman–Crippen MR) is 90.1 cm³/mol. The van der Waals surface area contributed by atoms with Crippen LogP contribution in [0.1, 0.15) is 30.0 Å². The van der Waals surface area contributed by atoms with Gasteiger partial charge >= 0.3 is 0 Å². The van der Waals surface area contributed by atoms with Crippen LogP contribution in [0.3, 0.4) is 0 Å². The molecule has 23 heavy (non-hydrogen) atoms. The molecule has 4 heteroatoms. The van der Waals surface area contributed by atoms with Gasteiger partial charge in [-0.15, -0.1) is 0 Å². The van der Waals surface area contributed by atoms with Gasteiger partial charge in [0.05, 0.1) is 24.1 Å². The molecule has 0 amide bonds. The Morgan fingerprint density at radius 2 is 1.91 bits per heavy atom. The zero-order valence-electron chi connectivity index (χ0n) is 12.9. The number of Topliss-reactive ketones (excluding diaryl/α,β-unsaturated/α-hetero) is 1. The molecule has 4 nitrogen and oxygen atoms in total. The average molecular weight is 303 g/mol. The highest BCUT2D eigenvalue weighted by Gasteiger charge is 2.24. The molecule has 0 aliphatic carbocycles. The standard InChI is InChI=1S/C19H17N3O/c1-21-19-11-17(23)10-18(22-19)16-7-3-6-15(9-16)14-5-2-4-13(8-14)12-20/h2-9,18H,10-11H2,1H3,(H,21,22)/t18-/m0/s1. The number of nitrogens with zero attached hydrogens (tertiary/aromatic N) is 2. The molecule has 1 N–H and O–H groups in total. The maximum absolute atomic E-state index is 11.9. The summed E-state index contributed by atoms with van der Waals surface area (Å²) in [5, 5.41) is 12.4. The van der Waals surface area contributed by atoms with E-state index in [0.29, 0.717) is 18.4 Å². The Bertz CT molecular complexity index is 817. The van der Waals surface area contributed by atoms with Gasteiger partial charge in [0.15, 0.2) is 0 Å². The Labute approximate surface area is 135 Å². The van der Waals surface area contributed by atoms with Crippen LogP contribution < -0.4 is 5.32 Å². The van der Waals surface area contributed by atoms with Gasteiger partial charge in [0, 0.05) is 13.5 Å². The second kappa shape index (κ2) is 6.45. The van der Waals surface area contributed by atoms with Crippen LogP contribution in [0.25, 0.3) is 11.1 Å². The van der Waals surface area contributed by atoms with Crippen molar-refractivity contribution in [2.75, 3.05) is 7.05 Å². The van der Waals surface area contributed by atoms with Crippen LogP contribution in [0.5, 0.6) is 0 Å². The monoisotopic (exact) mass is 303 g/mol. The number of nitrogens with one attached hydrogen (secondary N) is 1. The number of rotatable bonds is 2. The SMILES string of the molecule is CN=C1CC(=O)C[C@@H](c2cccc(-c3cccc(C#N)c3)c2)N1. The molecule has 0 aromatic heterocycles. The van der Waals surface area contributed by atoms with Crippen molar-refractivity contribution in [1.29, 1.82) is 5.26 Å². The van der Waals surface area contributed by atoms with Gasteiger partial charge in [-0.2, -0.15) is 5.26 Å². The van der Waals surface area contributed by atoms with Gasteiger partial charge in [0.25, 0.3) is 0 Å². The first-order valence-corrected chi connectivity index (χ1v) is 7.54. The fraction of sp³-hybridized carbons (Fsp3) is 0.211. The van der Waals surface area contributed by atoms with Gasteiger partial charge < -0.3 is 5.32 Å². The second-order valence-corrected chi connectivity index (χ2v) is 5.60. The normalized spacial score (nSPS) is 19.2. The molecule has 2 aromatic carbocycles. The third kappa shape index (κ3) is 3.29. The lowest BCUT2D eigenvalue weighted by molar-refractivity contribution is -0.118. The van der Waals surface area contributed by atoms with Crippen molar-refractivity contribution in [2.24, 2.45) is 4.99 Å². The van der Waals surface area contributed by atoms with E-state index in [0.717, 1.165) is 22.5 Å². The lowest BCUT2D eigenvalue weighted by atomic mass is 9.93. The first-order valence-electron chi connectivity index (χ1n) is 7.54. The second-order valence-electron chi connectivity index (χ2n) is 5.60. The van der Waals surface area contributed by atoms with E-state index < -0.39 is 0 Å². The lowest BCUT2D eigenvalue weighted by Crippen LogP contribution is -2.37. The van der Waals surface area contributed by atoms with E-state index in [4.69, 9.17) is 5.26 Å². The quantitative estimate of drug-likeness (QED) is 0.926. The molecule has 0 radical (unpaired) electrons. The van der Waals surface area contributed by atoms with Gasteiger partial charge in [0.2, 0.25) is 0 Å². The Hall–Kier alpha value is -2.93. The smallest absolute Gasteiger partial charge is 0.142 e. The predicted octanol–water partition coefficient (Wildman–Crippen LogP) is 3.25. The Kier molecular flexibility index (Phi) is 4.20. The fourth-order valence-corrected chi connectivity index (χ4v) is 2.84. The molecule has 1 fully saturated rings. The molecule has 1 atom stereocenters. The van der Waals surface area contributed by atoms with E-state index >= 15 is 0 Å². The molecule has 0 unspecified atom stereocenters. The van der Waals surface area contributed by atoms with Crippen molar-refractivity contribution < 1.29 is 4.79 Å². The van der Waals surface area contributed by atoms with Gasteiger partial charge in [-0.3, -0.25) is 9.79 Å². The molecule has 0 spiro atoms. The number of amidine groups is 1. The summed E-state index contributed by atoms with van der Waals surface area (Å²) in [7, 11) is 1.70. The third-order valence-electron chi connectivity index (χ3n) is 4.02. The van der Waals surface area contributed by atoms with E-state index in [1.807, 2.05) is 36.4 Å². The molecule has 114 valence electrons. The summed E-state index contributed by atoms with van der Waals surface area (Å²) in [6.45, 7) is 0. The molecule has 1 heterocycles. The number of benzene rings is 2. The summed E-state index contributed by atoms with van der Waals surface area (Å²) in [6, 6.07) is 17.7. The molecule has 1 aliphatic heterocycles. The highest BCUT2D eigenvalue weighted by molar-refractivity contribution is 6.03. The molecule has 3 rings (SSSR count). The van der Waals surface area contributed by atoms with Crippen molar-refractivity contribution >= 4 is 11.6 Å². The fourth-order valence-electron chi connectivity index (χ4n) is 2.84. The molecule has 0 saturated carbocycles. The first-order chi connectivity index (χ1) is 11.2. The number of ketones is 1. The van der Waals surface area contributed by atoms with Gasteiger partial charge in [-0.05, 0) is 34.9 Å². The number of nitriles is 1. The molecule has 1 saturated heterocycles. The molecule has 0 bridgehead atoms. The summed E-state index contributed by atoms with van der Waals surface area (Å²) >= 11 is 0. The summed E-state index contributed by atoms with van der Waals surface area (Å²) < 4.78 is 0. The van der Waals surface area contributed by atoms with E-state index in [2.05, 4.69) is 22.4 Å². The first kappa shape index (κ1) is 15.0. The Balaban J connectivity index is 1.93. The summed E-state index contributed by atoms with van der Waals surface area (Å²) in [4.78, 5) is 16.0. The van der Waals surface area contributed by atoms with E-state index in [-0.39, 0.29) is 11.8 Å². The van der Waals surface area contributed by atoms with Gasteiger partial charge in [0.1, 0.15) is 11.6 Å². The highest BCUT2D eigenvalue weighted by atomic mass is 16.1. The molecular weight excluding hydrogens is 286 g/mol. The average Bonchev–Trinajstić information content (AvgIpc) is 2.61. The van der Waals surface area contributed by atoms with Crippen molar-refractivity contribution in [3.05, 3.63) is 59.7 Å². The summed E-state index contributed by atoms with van der Waals surface area (Å²) in [5.74, 6) is 0.939. The van der Waals surface area contributed by atoms with Crippen molar-refractivity contribution in [1.82, 2.24) is 5.32 Å². The number of aliphatic imine (C=N–C) groups is 1. The van der Waals surface area contributed by atoms with Crippen LogP contribution >= 0.6 is 0 Å². The maximum Gasteiger partial charge on any atom is 0.142 e. The topological polar surface area (TPSA) is 65.2 Å². The molecule has 1 aliphatic rings. The van der Waals surface area contributed by atoms with Crippen molar-refractivity contribution in [3.63, 3.8) is 0 Å². The van der Waals surface area contributed by atoms with Crippen LogP contribution in [-0.2, 0) is 4.79 Å². The number of hydrogen-bond acceptors (Lipinski definition) is 3. The molecule has 2 aromatic rings. The zero-order valence-corrected chi connectivity index (χ0v) is 12.9. The van der Waals surface area contributed by atoms with Crippen LogP contribution in [-0.4, -0.2) is 18.7 Å². The number of piperidine rings is 1. The van der Waals surface area contributed by atoms with Crippen LogP contribution in [0.4, 0.5) is 0 Å². The Morgan fingerprint density at radius 3 is 2.65 bits per heavy atom. The number of carbonyl (C=O) groups excluding carboxylic acids is 1. The van der Waals surface area contributed by atoms with E-state index in [1.54, 1.807) is 13.1 Å². The van der Waals surface area contributed by atoms with Crippen LogP contribution in [0.2, 0.25) is 0 Å². The molecular formula is C19H17N3O. The van der Waals surface area contributed by atoms with Crippen molar-refractivity contribution in [2.45, 2.75) is 18.9 Å². The lowest BCUT2D eigenvalue weighted by Gasteiger charge is -2.25. The minimum atomic E-state index is -0.0472. The summed E-state index contributed by atoms with van der Waals surface area (Å²) in [5.41, 5.74) is 3.73. The Morgan fingerprint density at radius 1 is 1.17 bits per heavy atom. The van der Waals surface area contributed by atoms with Crippen LogP contribution in [0.15, 0.2) is 53.5 Å². The minimum absolute atomic E-state index is 0.0472. The van der Waals surface area contributed by atoms with Crippen LogP contribution in [0, 0.1) is 11.3 Å². The van der Waals surface area contributed by atoms with Gasteiger partial charge in [-0.25, -0.2) is 0 Å². The number of carbonyl (C=O) groups is 1. The zero-order chi connectivity index (χ0) is 16.2. The van der Waals surface area contributed by atoms with Gasteiger partial charge in [-0.1, -0.05) is 30.3 Å². The van der Waals surface area contributed by atoms with E-state index in [9.17, 15) is 4.79 Å². The maximum atomic E-state index is 11.9. The largest absolute Gasteiger partial charge is 0.366 e. The highest BCUT2D eigenvalue weighted by Crippen LogP contribution is 2.27. The summed E-state index contributed by atoms with van der Waals surface area (Å²) in [6.07, 6.45) is 0.859. The minimum Gasteiger partial charge on any atom is -0.366 e. The van der Waals surface area contributed by atoms with Crippen molar-refractivity contribution in [3.8, 4) is 17.2 Å². The van der Waals surface area contributed by atoms with E-state index in [1.165, 1.54) is 0 Å². The third-order valence-corrected chi connectivity index (χ3v) is 4.02.